The Hall–Kier alpha value is -3.77. The van der Waals surface area contributed by atoms with Crippen LogP contribution in [0.2, 0.25) is 0 Å². The van der Waals surface area contributed by atoms with Crippen molar-refractivity contribution in [3.8, 4) is 0 Å². The summed E-state index contributed by atoms with van der Waals surface area (Å²) in [6, 6.07) is 6.89. The number of primary amides is 1. The molecular weight excluding hydrogens is 453 g/mol. The Morgan fingerprint density at radius 1 is 1.24 bits per heavy atom. The molecule has 0 aliphatic carbocycles. The van der Waals surface area contributed by atoms with E-state index in [1.165, 1.54) is 19.2 Å². The highest BCUT2D eigenvalue weighted by Crippen LogP contribution is 2.33. The molecule has 0 saturated heterocycles. The maximum absolute atomic E-state index is 13.7. The quantitative estimate of drug-likeness (QED) is 0.400. The lowest BCUT2D eigenvalue weighted by atomic mass is 10.1. The Labute approximate surface area is 192 Å². The van der Waals surface area contributed by atoms with Crippen molar-refractivity contribution in [2.24, 2.45) is 5.73 Å². The van der Waals surface area contributed by atoms with E-state index in [-0.39, 0.29) is 40.9 Å². The standard InChI is InChI=1S/C21H22FN5O5S/c1-11-3-8-14(32-11)17(20(29)25-9-10-31-2)27(13-6-4-12(22)5-7-13)21(30)18-15(23)16(19(24)28)26-33-18/h3-8,17H,9-10,23H2,1-2H3,(H2,24,28)(H,25,29). The van der Waals surface area contributed by atoms with E-state index < -0.39 is 29.6 Å². The van der Waals surface area contributed by atoms with Crippen molar-refractivity contribution in [3.63, 3.8) is 0 Å². The zero-order chi connectivity index (χ0) is 24.1. The maximum atomic E-state index is 13.7. The van der Waals surface area contributed by atoms with Gasteiger partial charge in [-0.25, -0.2) is 4.39 Å². The lowest BCUT2D eigenvalue weighted by Crippen LogP contribution is -2.44. The first-order valence-electron chi connectivity index (χ1n) is 9.71. The first kappa shape index (κ1) is 23.9. The van der Waals surface area contributed by atoms with Gasteiger partial charge in [0, 0.05) is 19.3 Å². The predicted octanol–water partition coefficient (Wildman–Crippen LogP) is 2.02. The van der Waals surface area contributed by atoms with Crippen molar-refractivity contribution < 1.29 is 27.9 Å². The van der Waals surface area contributed by atoms with Crippen molar-refractivity contribution in [1.82, 2.24) is 9.69 Å². The number of furan rings is 1. The monoisotopic (exact) mass is 475 g/mol. The number of benzene rings is 1. The van der Waals surface area contributed by atoms with Crippen molar-refractivity contribution in [2.75, 3.05) is 30.9 Å². The Bertz CT molecular complexity index is 1160. The minimum absolute atomic E-state index is 0.105. The van der Waals surface area contributed by atoms with Gasteiger partial charge in [0.2, 0.25) is 0 Å². The Morgan fingerprint density at radius 2 is 1.94 bits per heavy atom. The molecule has 1 unspecified atom stereocenters. The SMILES string of the molecule is COCCNC(=O)C(c1ccc(C)o1)N(C(=O)c1snc(C(N)=O)c1N)c1ccc(F)cc1. The number of amides is 3. The number of methoxy groups -OCH3 is 1. The predicted molar refractivity (Wildman–Crippen MR) is 119 cm³/mol. The fourth-order valence-electron chi connectivity index (χ4n) is 3.07. The second-order valence-electron chi connectivity index (χ2n) is 6.92. The van der Waals surface area contributed by atoms with Gasteiger partial charge in [0.25, 0.3) is 17.7 Å². The number of halogens is 1. The van der Waals surface area contributed by atoms with Gasteiger partial charge in [0.05, 0.1) is 12.3 Å². The molecule has 5 N–H and O–H groups in total. The lowest BCUT2D eigenvalue weighted by Gasteiger charge is -2.29. The van der Waals surface area contributed by atoms with Gasteiger partial charge in [-0.3, -0.25) is 19.3 Å². The fraction of sp³-hybridized carbons (Fsp3) is 0.238. The number of rotatable bonds is 9. The second-order valence-corrected chi connectivity index (χ2v) is 7.70. The zero-order valence-corrected chi connectivity index (χ0v) is 18.6. The minimum Gasteiger partial charge on any atom is -0.464 e. The molecule has 1 atom stereocenters. The van der Waals surface area contributed by atoms with Crippen molar-refractivity contribution in [3.05, 3.63) is 64.3 Å². The van der Waals surface area contributed by atoms with Crippen LogP contribution >= 0.6 is 11.5 Å². The molecule has 12 heteroatoms. The number of hydrogen-bond donors (Lipinski definition) is 3. The van der Waals surface area contributed by atoms with Crippen molar-refractivity contribution >= 4 is 40.6 Å². The summed E-state index contributed by atoms with van der Waals surface area (Å²) < 4.78 is 28.1. The molecule has 0 aliphatic heterocycles. The molecule has 0 spiro atoms. The van der Waals surface area contributed by atoms with Crippen LogP contribution in [0.5, 0.6) is 0 Å². The summed E-state index contributed by atoms with van der Waals surface area (Å²) in [5, 5.41) is 2.69. The van der Waals surface area contributed by atoms with Gasteiger partial charge in [0.1, 0.15) is 22.2 Å². The van der Waals surface area contributed by atoms with E-state index in [9.17, 15) is 18.8 Å². The number of aromatic nitrogens is 1. The third-order valence-corrected chi connectivity index (χ3v) is 5.47. The molecule has 33 heavy (non-hydrogen) atoms. The van der Waals surface area contributed by atoms with E-state index in [1.54, 1.807) is 19.1 Å². The number of carbonyl (C=O) groups excluding carboxylic acids is 3. The van der Waals surface area contributed by atoms with Crippen LogP contribution in [-0.2, 0) is 9.53 Å². The van der Waals surface area contributed by atoms with Gasteiger partial charge in [-0.1, -0.05) is 0 Å². The third-order valence-electron chi connectivity index (χ3n) is 4.62. The van der Waals surface area contributed by atoms with Crippen molar-refractivity contribution in [1.29, 1.82) is 0 Å². The number of aryl methyl sites for hydroxylation is 1. The number of nitrogens with two attached hydrogens (primary N) is 2. The van der Waals surface area contributed by atoms with E-state index in [0.717, 1.165) is 17.0 Å². The number of nitrogen functional groups attached to an aromatic ring is 1. The molecule has 3 amide bonds. The molecule has 3 rings (SSSR count). The number of carbonyl (C=O) groups is 3. The molecular formula is C21H22FN5O5S. The van der Waals surface area contributed by atoms with Gasteiger partial charge in [0.15, 0.2) is 11.7 Å². The highest BCUT2D eigenvalue weighted by molar-refractivity contribution is 7.09. The van der Waals surface area contributed by atoms with Gasteiger partial charge in [-0.2, -0.15) is 4.37 Å². The van der Waals surface area contributed by atoms with Gasteiger partial charge < -0.3 is 25.9 Å². The number of hydrogen-bond acceptors (Lipinski definition) is 8. The Morgan fingerprint density at radius 3 is 2.48 bits per heavy atom. The molecule has 0 saturated carbocycles. The first-order chi connectivity index (χ1) is 15.7. The number of nitrogens with zero attached hydrogens (tertiary/aromatic N) is 2. The summed E-state index contributed by atoms with van der Waals surface area (Å²) in [7, 11) is 1.48. The van der Waals surface area contributed by atoms with Gasteiger partial charge in [-0.05, 0) is 54.9 Å². The molecule has 174 valence electrons. The average Bonchev–Trinajstić information content (AvgIpc) is 3.38. The summed E-state index contributed by atoms with van der Waals surface area (Å²) in [5.41, 5.74) is 11.0. The molecule has 0 radical (unpaired) electrons. The van der Waals surface area contributed by atoms with Crippen LogP contribution in [0.1, 0.15) is 37.7 Å². The lowest BCUT2D eigenvalue weighted by molar-refractivity contribution is -0.123. The molecule has 10 nitrogen and oxygen atoms in total. The fourth-order valence-corrected chi connectivity index (χ4v) is 3.81. The van der Waals surface area contributed by atoms with Crippen molar-refractivity contribution in [2.45, 2.75) is 13.0 Å². The molecule has 2 heterocycles. The molecule has 3 aromatic rings. The van der Waals surface area contributed by atoms with E-state index in [1.807, 2.05) is 0 Å². The minimum atomic E-state index is -1.29. The largest absolute Gasteiger partial charge is 0.464 e. The summed E-state index contributed by atoms with van der Waals surface area (Å²) >= 11 is 0.666. The second kappa shape index (κ2) is 10.2. The molecule has 0 fully saturated rings. The average molecular weight is 476 g/mol. The van der Waals surface area contributed by atoms with Crippen LogP contribution in [0.15, 0.2) is 40.8 Å². The highest BCUT2D eigenvalue weighted by Gasteiger charge is 2.37. The molecule has 2 aromatic heterocycles. The normalized spacial score (nSPS) is 11.7. The van der Waals surface area contributed by atoms with E-state index in [4.69, 9.17) is 20.6 Å². The number of nitrogens with one attached hydrogen (secondary N) is 1. The maximum Gasteiger partial charge on any atom is 0.273 e. The van der Waals surface area contributed by atoms with Gasteiger partial charge in [-0.15, -0.1) is 0 Å². The van der Waals surface area contributed by atoms with Crippen LogP contribution in [0.25, 0.3) is 0 Å². The van der Waals surface area contributed by atoms with Crippen LogP contribution in [-0.4, -0.2) is 42.4 Å². The topological polar surface area (TPSA) is 154 Å². The Balaban J connectivity index is 2.14. The summed E-state index contributed by atoms with van der Waals surface area (Å²) in [6.07, 6.45) is 0. The molecule has 0 aliphatic rings. The smallest absolute Gasteiger partial charge is 0.273 e. The number of anilines is 2. The number of ether oxygens (including phenoxy) is 1. The summed E-state index contributed by atoms with van der Waals surface area (Å²) in [4.78, 5) is 39.5. The first-order valence-corrected chi connectivity index (χ1v) is 10.5. The van der Waals surface area contributed by atoms with Gasteiger partial charge >= 0.3 is 0 Å². The van der Waals surface area contributed by atoms with Crippen LogP contribution in [0, 0.1) is 12.7 Å². The van der Waals surface area contributed by atoms with E-state index >= 15 is 0 Å². The van der Waals surface area contributed by atoms with Crippen LogP contribution in [0.4, 0.5) is 15.8 Å². The summed E-state index contributed by atoms with van der Waals surface area (Å²) in [5.74, 6) is -2.07. The van der Waals surface area contributed by atoms with Crippen LogP contribution < -0.4 is 21.7 Å². The zero-order valence-electron chi connectivity index (χ0n) is 17.8. The van der Waals surface area contributed by atoms with Crippen LogP contribution in [0.3, 0.4) is 0 Å². The Kier molecular flexibility index (Phi) is 7.41. The molecule has 0 bridgehead atoms. The molecule has 1 aromatic carbocycles. The third kappa shape index (κ3) is 5.18. The van der Waals surface area contributed by atoms with E-state index in [0.29, 0.717) is 17.3 Å². The summed E-state index contributed by atoms with van der Waals surface area (Å²) in [6.45, 7) is 2.10. The van der Waals surface area contributed by atoms with E-state index in [2.05, 4.69) is 9.69 Å². The highest BCUT2D eigenvalue weighted by atomic mass is 32.1.